The summed E-state index contributed by atoms with van der Waals surface area (Å²) in [5, 5.41) is 12.0. The molecule has 5 aromatic rings. The van der Waals surface area contributed by atoms with Gasteiger partial charge in [0.25, 0.3) is 0 Å². The van der Waals surface area contributed by atoms with Gasteiger partial charge in [0.05, 0.1) is 25.2 Å². The number of hydrogen-bond acceptors (Lipinski definition) is 7. The average molecular weight is 480 g/mol. The number of nitrogens with zero attached hydrogens (tertiary/aromatic N) is 4. The van der Waals surface area contributed by atoms with Crippen LogP contribution in [0.4, 0.5) is 23.1 Å². The lowest BCUT2D eigenvalue weighted by atomic mass is 10.2. The maximum Gasteiger partial charge on any atom is 0.248 e. The number of fused-ring (bicyclic) bond motifs is 1. The number of benzene rings is 3. The molecule has 36 heavy (non-hydrogen) atoms. The number of rotatable bonds is 8. The van der Waals surface area contributed by atoms with Gasteiger partial charge in [-0.2, -0.15) is 15.1 Å². The summed E-state index contributed by atoms with van der Waals surface area (Å²) in [4.78, 5) is 21.2. The molecule has 5 rings (SSSR count). The molecular weight excluding hydrogens is 454 g/mol. The zero-order valence-corrected chi connectivity index (χ0v) is 19.9. The molecule has 0 atom stereocenters. The Morgan fingerprint density at radius 2 is 1.83 bits per heavy atom. The molecule has 0 aliphatic rings. The van der Waals surface area contributed by atoms with Crippen molar-refractivity contribution >= 4 is 40.1 Å². The summed E-state index contributed by atoms with van der Waals surface area (Å²) in [7, 11) is 1.64. The van der Waals surface area contributed by atoms with Crippen LogP contribution in [0.15, 0.2) is 79.0 Å². The Bertz CT molecular complexity index is 1550. The maximum atomic E-state index is 11.7. The van der Waals surface area contributed by atoms with Gasteiger partial charge in [-0.3, -0.25) is 4.79 Å². The molecule has 0 aliphatic heterocycles. The molecule has 2 aromatic heterocycles. The Morgan fingerprint density at radius 3 is 2.58 bits per heavy atom. The van der Waals surface area contributed by atoms with E-state index in [1.54, 1.807) is 31.5 Å². The Balaban J connectivity index is 1.57. The number of nitrogens with one attached hydrogen (secondary N) is 2. The summed E-state index contributed by atoms with van der Waals surface area (Å²) < 4.78 is 7.15. The van der Waals surface area contributed by atoms with Crippen LogP contribution in [0.2, 0.25) is 0 Å². The summed E-state index contributed by atoms with van der Waals surface area (Å²) in [5.74, 6) is 1.22. The van der Waals surface area contributed by atoms with Crippen molar-refractivity contribution in [1.29, 1.82) is 0 Å². The van der Waals surface area contributed by atoms with E-state index in [1.807, 2.05) is 66.2 Å². The van der Waals surface area contributed by atoms with Crippen LogP contribution in [0.5, 0.6) is 5.75 Å². The van der Waals surface area contributed by atoms with Gasteiger partial charge in [-0.1, -0.05) is 36.4 Å². The van der Waals surface area contributed by atoms with E-state index in [0.717, 1.165) is 28.0 Å². The molecule has 3 aromatic carbocycles. The highest BCUT2D eigenvalue weighted by atomic mass is 16.5. The summed E-state index contributed by atoms with van der Waals surface area (Å²) in [5.41, 5.74) is 10.1. The van der Waals surface area contributed by atoms with Crippen molar-refractivity contribution in [2.45, 2.75) is 13.5 Å². The molecule has 4 N–H and O–H groups in total. The lowest BCUT2D eigenvalue weighted by Gasteiger charge is -2.13. The van der Waals surface area contributed by atoms with Crippen LogP contribution in [0.3, 0.4) is 0 Å². The highest BCUT2D eigenvalue weighted by Crippen LogP contribution is 2.29. The fourth-order valence-electron chi connectivity index (χ4n) is 3.89. The van der Waals surface area contributed by atoms with Crippen molar-refractivity contribution in [1.82, 2.24) is 19.7 Å². The van der Waals surface area contributed by atoms with Gasteiger partial charge in [-0.05, 0) is 54.4 Å². The third-order valence-corrected chi connectivity index (χ3v) is 5.76. The summed E-state index contributed by atoms with van der Waals surface area (Å²) in [6.07, 6.45) is 1.74. The second-order valence-corrected chi connectivity index (χ2v) is 8.30. The molecule has 0 fully saturated rings. The van der Waals surface area contributed by atoms with E-state index in [-0.39, 0.29) is 0 Å². The van der Waals surface area contributed by atoms with Crippen molar-refractivity contribution < 1.29 is 9.53 Å². The molecule has 0 spiro atoms. The standard InChI is InChI=1S/C27H25N7O2/c1-17-13-21(36-2)11-12-23(17)31-27-32-25(30-20-10-6-9-19(14-20)24(28)35)22-15-29-34(26(22)33-27)16-18-7-4-3-5-8-18/h3-15H,16H2,1-2H3,(H2,28,35)(H2,30,31,32,33). The third kappa shape index (κ3) is 4.80. The van der Waals surface area contributed by atoms with E-state index in [0.29, 0.717) is 35.2 Å². The van der Waals surface area contributed by atoms with Gasteiger partial charge in [-0.15, -0.1) is 0 Å². The Labute approximate surface area is 208 Å². The SMILES string of the molecule is COc1ccc(Nc2nc(Nc3cccc(C(N)=O)c3)c3cnn(Cc4ccccc4)c3n2)c(C)c1. The number of anilines is 4. The van der Waals surface area contributed by atoms with E-state index in [2.05, 4.69) is 15.7 Å². The highest BCUT2D eigenvalue weighted by molar-refractivity contribution is 5.95. The molecule has 1 amide bonds. The first-order chi connectivity index (χ1) is 17.5. The smallest absolute Gasteiger partial charge is 0.248 e. The Kier molecular flexibility index (Phi) is 6.19. The lowest BCUT2D eigenvalue weighted by molar-refractivity contribution is 0.100. The molecule has 9 heteroatoms. The minimum absolute atomic E-state index is 0.400. The molecule has 9 nitrogen and oxygen atoms in total. The topological polar surface area (TPSA) is 120 Å². The molecule has 180 valence electrons. The van der Waals surface area contributed by atoms with Gasteiger partial charge in [0, 0.05) is 16.9 Å². The van der Waals surface area contributed by atoms with Gasteiger partial charge in [0.2, 0.25) is 11.9 Å². The van der Waals surface area contributed by atoms with E-state index in [4.69, 9.17) is 20.4 Å². The van der Waals surface area contributed by atoms with Gasteiger partial charge in [0.15, 0.2) is 5.65 Å². The number of amides is 1. The van der Waals surface area contributed by atoms with Crippen LogP contribution in [0, 0.1) is 6.92 Å². The Morgan fingerprint density at radius 1 is 1.00 bits per heavy atom. The Hall–Kier alpha value is -4.92. The summed E-state index contributed by atoms with van der Waals surface area (Å²) >= 11 is 0. The zero-order chi connectivity index (χ0) is 25.1. The van der Waals surface area contributed by atoms with E-state index in [1.165, 1.54) is 0 Å². The molecule has 0 saturated heterocycles. The second kappa shape index (κ2) is 9.75. The summed E-state index contributed by atoms with van der Waals surface area (Å²) in [6.45, 7) is 2.54. The number of methoxy groups -OCH3 is 1. The van der Waals surface area contributed by atoms with E-state index in [9.17, 15) is 4.79 Å². The maximum absolute atomic E-state index is 11.7. The van der Waals surface area contributed by atoms with Gasteiger partial charge in [-0.25, -0.2) is 4.68 Å². The number of nitrogens with two attached hydrogens (primary N) is 1. The largest absolute Gasteiger partial charge is 0.497 e. The van der Waals surface area contributed by atoms with Crippen molar-refractivity contribution in [3.63, 3.8) is 0 Å². The molecule has 0 bridgehead atoms. The predicted octanol–water partition coefficient (Wildman–Crippen LogP) is 4.78. The highest BCUT2D eigenvalue weighted by Gasteiger charge is 2.15. The third-order valence-electron chi connectivity index (χ3n) is 5.76. The molecular formula is C27H25N7O2. The molecule has 0 saturated carbocycles. The fraction of sp³-hybridized carbons (Fsp3) is 0.111. The van der Waals surface area contributed by atoms with E-state index >= 15 is 0 Å². The van der Waals surface area contributed by atoms with Crippen LogP contribution in [0.1, 0.15) is 21.5 Å². The first-order valence-electron chi connectivity index (χ1n) is 11.4. The number of carbonyl (C=O) groups is 1. The molecule has 0 radical (unpaired) electrons. The minimum atomic E-state index is -0.500. The molecule has 0 unspecified atom stereocenters. The quantitative estimate of drug-likeness (QED) is 0.293. The van der Waals surface area contributed by atoms with Gasteiger partial charge in [0.1, 0.15) is 11.6 Å². The normalized spacial score (nSPS) is 10.8. The number of carbonyl (C=O) groups excluding carboxylic acids is 1. The first kappa shape index (κ1) is 22.9. The van der Waals surface area contributed by atoms with Crippen LogP contribution < -0.4 is 21.1 Å². The monoisotopic (exact) mass is 479 g/mol. The predicted molar refractivity (Wildman–Crippen MR) is 140 cm³/mol. The number of primary amides is 1. The number of aromatic nitrogens is 4. The van der Waals surface area contributed by atoms with Gasteiger partial charge < -0.3 is 21.1 Å². The average Bonchev–Trinajstić information content (AvgIpc) is 3.28. The minimum Gasteiger partial charge on any atom is -0.497 e. The van der Waals surface area contributed by atoms with Crippen molar-refractivity contribution in [3.8, 4) is 5.75 Å². The number of ether oxygens (including phenoxy) is 1. The lowest BCUT2D eigenvalue weighted by Crippen LogP contribution is -2.11. The van der Waals surface area contributed by atoms with Crippen LogP contribution in [-0.4, -0.2) is 32.8 Å². The van der Waals surface area contributed by atoms with Crippen LogP contribution >= 0.6 is 0 Å². The van der Waals surface area contributed by atoms with Crippen molar-refractivity contribution in [2.24, 2.45) is 5.73 Å². The number of aryl methyl sites for hydroxylation is 1. The van der Waals surface area contributed by atoms with Gasteiger partial charge >= 0.3 is 0 Å². The molecule has 2 heterocycles. The first-order valence-corrected chi connectivity index (χ1v) is 11.4. The van der Waals surface area contributed by atoms with Crippen molar-refractivity contribution in [3.05, 3.63) is 95.7 Å². The second-order valence-electron chi connectivity index (χ2n) is 8.30. The number of hydrogen-bond donors (Lipinski definition) is 3. The zero-order valence-electron chi connectivity index (χ0n) is 19.9. The van der Waals surface area contributed by atoms with Crippen LogP contribution in [0.25, 0.3) is 11.0 Å². The van der Waals surface area contributed by atoms with E-state index < -0.39 is 5.91 Å². The van der Waals surface area contributed by atoms with Crippen LogP contribution in [-0.2, 0) is 6.54 Å². The van der Waals surface area contributed by atoms with Crippen molar-refractivity contribution in [2.75, 3.05) is 17.7 Å². The molecule has 0 aliphatic carbocycles. The summed E-state index contributed by atoms with van der Waals surface area (Å²) in [6, 6.07) is 22.8. The fourth-order valence-corrected chi connectivity index (χ4v) is 3.89.